The van der Waals surface area contributed by atoms with E-state index in [0.29, 0.717) is 24.6 Å². The van der Waals surface area contributed by atoms with Gasteiger partial charge in [0.1, 0.15) is 11.6 Å². The summed E-state index contributed by atoms with van der Waals surface area (Å²) in [6, 6.07) is 3.76. The molecule has 1 aromatic carbocycles. The minimum absolute atomic E-state index is 0.133. The fourth-order valence-corrected chi connectivity index (χ4v) is 3.74. The van der Waals surface area contributed by atoms with Gasteiger partial charge in [-0.1, -0.05) is 18.5 Å². The predicted molar refractivity (Wildman–Crippen MR) is 80.5 cm³/mol. The Bertz CT molecular complexity index is 555. The van der Waals surface area contributed by atoms with Crippen molar-refractivity contribution >= 4 is 28.3 Å². The maximum atomic E-state index is 12.9. The number of ether oxygens (including phenoxy) is 1. The van der Waals surface area contributed by atoms with E-state index in [1.165, 1.54) is 12.1 Å². The first kappa shape index (κ1) is 16.2. The van der Waals surface area contributed by atoms with E-state index in [0.717, 1.165) is 6.07 Å². The Kier molecular flexibility index (Phi) is 5.58. The molecule has 0 spiro atoms. The quantitative estimate of drug-likeness (QED) is 0.851. The monoisotopic (exact) mass is 333 g/mol. The van der Waals surface area contributed by atoms with E-state index >= 15 is 0 Å². The van der Waals surface area contributed by atoms with Crippen LogP contribution in [-0.2, 0) is 15.6 Å². The number of rotatable bonds is 3. The Morgan fingerprint density at radius 3 is 3.05 bits per heavy atom. The molecular formula is C14H17ClFNO3S. The molecule has 2 atom stereocenters. The van der Waals surface area contributed by atoms with Gasteiger partial charge in [0.15, 0.2) is 6.61 Å². The van der Waals surface area contributed by atoms with Gasteiger partial charge in [-0.15, -0.1) is 0 Å². The summed E-state index contributed by atoms with van der Waals surface area (Å²) in [6.07, 6.45) is 0. The van der Waals surface area contributed by atoms with E-state index in [9.17, 15) is 13.4 Å². The van der Waals surface area contributed by atoms with Crippen LogP contribution in [0.4, 0.5) is 4.39 Å². The Morgan fingerprint density at radius 1 is 1.57 bits per heavy atom. The molecule has 21 heavy (non-hydrogen) atoms. The van der Waals surface area contributed by atoms with Crippen LogP contribution < -0.4 is 4.74 Å². The van der Waals surface area contributed by atoms with Gasteiger partial charge < -0.3 is 9.64 Å². The molecule has 1 heterocycles. The van der Waals surface area contributed by atoms with Crippen LogP contribution in [0.1, 0.15) is 6.92 Å². The largest absolute Gasteiger partial charge is 0.482 e. The number of amides is 1. The number of hydrogen-bond acceptors (Lipinski definition) is 3. The average Bonchev–Trinajstić information content (AvgIpc) is 2.58. The van der Waals surface area contributed by atoms with E-state index in [2.05, 4.69) is 0 Å². The van der Waals surface area contributed by atoms with Crippen LogP contribution in [0.15, 0.2) is 18.2 Å². The topological polar surface area (TPSA) is 46.6 Å². The van der Waals surface area contributed by atoms with Gasteiger partial charge in [0.2, 0.25) is 0 Å². The van der Waals surface area contributed by atoms with Crippen molar-refractivity contribution in [3.8, 4) is 5.75 Å². The Morgan fingerprint density at radius 2 is 2.33 bits per heavy atom. The van der Waals surface area contributed by atoms with Gasteiger partial charge in [0.05, 0.1) is 5.02 Å². The van der Waals surface area contributed by atoms with Crippen molar-refractivity contribution in [2.75, 3.05) is 31.2 Å². The van der Waals surface area contributed by atoms with Crippen LogP contribution in [0.5, 0.6) is 5.75 Å². The first-order valence-corrected chi connectivity index (χ1v) is 8.53. The van der Waals surface area contributed by atoms with Crippen LogP contribution in [0.2, 0.25) is 5.02 Å². The Balaban J connectivity index is 1.93. The van der Waals surface area contributed by atoms with Crippen molar-refractivity contribution in [3.05, 3.63) is 29.0 Å². The van der Waals surface area contributed by atoms with E-state index < -0.39 is 16.6 Å². The highest BCUT2D eigenvalue weighted by atomic mass is 35.5. The lowest BCUT2D eigenvalue weighted by molar-refractivity contribution is -0.133. The number of carbonyl (C=O) groups is 1. The van der Waals surface area contributed by atoms with E-state index in [1.807, 2.05) is 6.92 Å². The molecule has 0 unspecified atom stereocenters. The molecule has 116 valence electrons. The van der Waals surface area contributed by atoms with Crippen LogP contribution in [-0.4, -0.2) is 46.2 Å². The molecule has 1 aliphatic rings. The number of halogens is 2. The lowest BCUT2D eigenvalue weighted by Crippen LogP contribution is -2.38. The summed E-state index contributed by atoms with van der Waals surface area (Å²) in [7, 11) is -0.869. The van der Waals surface area contributed by atoms with Gasteiger partial charge in [0, 0.05) is 35.4 Å². The molecule has 1 aliphatic heterocycles. The van der Waals surface area contributed by atoms with Crippen LogP contribution in [0.3, 0.4) is 0 Å². The molecule has 1 aromatic rings. The van der Waals surface area contributed by atoms with Crippen molar-refractivity contribution in [2.45, 2.75) is 6.92 Å². The normalized spacial score (nSPS) is 22.7. The molecule has 0 radical (unpaired) electrons. The molecule has 1 saturated heterocycles. The molecule has 7 heteroatoms. The second kappa shape index (κ2) is 7.22. The van der Waals surface area contributed by atoms with Crippen molar-refractivity contribution < 1.29 is 18.1 Å². The number of benzene rings is 1. The van der Waals surface area contributed by atoms with Gasteiger partial charge in [-0.05, 0) is 24.1 Å². The van der Waals surface area contributed by atoms with Gasteiger partial charge in [-0.3, -0.25) is 9.00 Å². The molecule has 1 amide bonds. The zero-order valence-corrected chi connectivity index (χ0v) is 13.3. The maximum Gasteiger partial charge on any atom is 0.260 e. The molecule has 4 nitrogen and oxygen atoms in total. The summed E-state index contributed by atoms with van der Waals surface area (Å²) in [5.74, 6) is 0.954. The van der Waals surface area contributed by atoms with Gasteiger partial charge in [-0.2, -0.15) is 0 Å². The minimum Gasteiger partial charge on any atom is -0.482 e. The van der Waals surface area contributed by atoms with Crippen LogP contribution in [0.25, 0.3) is 0 Å². The zero-order valence-electron chi connectivity index (χ0n) is 11.7. The first-order chi connectivity index (χ1) is 9.95. The lowest BCUT2D eigenvalue weighted by atomic mass is 10.2. The zero-order chi connectivity index (χ0) is 15.4. The van der Waals surface area contributed by atoms with Crippen molar-refractivity contribution in [1.29, 1.82) is 0 Å². The second-order valence-electron chi connectivity index (χ2n) is 5.12. The highest BCUT2D eigenvalue weighted by molar-refractivity contribution is 7.85. The third kappa shape index (κ3) is 4.68. The summed E-state index contributed by atoms with van der Waals surface area (Å²) < 4.78 is 29.9. The molecule has 0 N–H and O–H groups in total. The molecule has 0 aromatic heterocycles. The third-order valence-electron chi connectivity index (χ3n) is 3.19. The summed E-state index contributed by atoms with van der Waals surface area (Å²) in [5.41, 5.74) is 0. The molecule has 0 aliphatic carbocycles. The highest BCUT2D eigenvalue weighted by Gasteiger charge is 2.23. The Labute approximate surface area is 130 Å². The average molecular weight is 334 g/mol. The summed E-state index contributed by atoms with van der Waals surface area (Å²) >= 11 is 5.84. The second-order valence-corrected chi connectivity index (χ2v) is 7.15. The number of carbonyl (C=O) groups excluding carboxylic acids is 1. The summed E-state index contributed by atoms with van der Waals surface area (Å²) in [5, 5.41) is 0.133. The fraction of sp³-hybridized carbons (Fsp3) is 0.500. The molecular weight excluding hydrogens is 317 g/mol. The first-order valence-electron chi connectivity index (χ1n) is 6.66. The van der Waals surface area contributed by atoms with Crippen LogP contribution >= 0.6 is 11.6 Å². The molecule has 0 bridgehead atoms. The fourth-order valence-electron chi connectivity index (χ4n) is 2.18. The maximum absolute atomic E-state index is 12.9. The van der Waals surface area contributed by atoms with E-state index in [1.54, 1.807) is 4.90 Å². The van der Waals surface area contributed by atoms with Crippen molar-refractivity contribution in [1.82, 2.24) is 4.90 Å². The molecule has 0 saturated carbocycles. The lowest BCUT2D eigenvalue weighted by Gasteiger charge is -2.22. The van der Waals surface area contributed by atoms with E-state index in [4.69, 9.17) is 16.3 Å². The van der Waals surface area contributed by atoms with Gasteiger partial charge >= 0.3 is 0 Å². The molecule has 1 fully saturated rings. The predicted octanol–water partition coefficient (Wildman–Crippen LogP) is 2.08. The molecule has 2 rings (SSSR count). The third-order valence-corrected chi connectivity index (χ3v) is 5.06. The number of nitrogens with zero attached hydrogens (tertiary/aromatic N) is 1. The minimum atomic E-state index is -0.869. The van der Waals surface area contributed by atoms with Crippen LogP contribution in [0, 0.1) is 11.7 Å². The Hall–Kier alpha value is -1.14. The van der Waals surface area contributed by atoms with Crippen molar-refractivity contribution in [3.63, 3.8) is 0 Å². The standard InChI is InChI=1S/C14H17ClFNO3S/c1-10-7-17(4-5-21(19)9-10)14(18)8-20-13-3-2-11(16)6-12(13)15/h2-3,6,10H,4-5,7-9H2,1H3/t10-,21-/m0/s1. The van der Waals surface area contributed by atoms with Gasteiger partial charge in [-0.25, -0.2) is 4.39 Å². The van der Waals surface area contributed by atoms with E-state index in [-0.39, 0.29) is 29.2 Å². The summed E-state index contributed by atoms with van der Waals surface area (Å²) in [4.78, 5) is 13.8. The smallest absolute Gasteiger partial charge is 0.260 e. The summed E-state index contributed by atoms with van der Waals surface area (Å²) in [6.45, 7) is 2.85. The highest BCUT2D eigenvalue weighted by Crippen LogP contribution is 2.24. The number of hydrogen-bond donors (Lipinski definition) is 0. The van der Waals surface area contributed by atoms with Gasteiger partial charge in [0.25, 0.3) is 5.91 Å². The van der Waals surface area contributed by atoms with Crippen molar-refractivity contribution in [2.24, 2.45) is 5.92 Å². The SMILES string of the molecule is C[C@H]1CN(C(=O)COc2ccc(F)cc2Cl)CC[S@](=O)C1.